The third-order valence-electron chi connectivity index (χ3n) is 3.27. The molecule has 1 aliphatic rings. The summed E-state index contributed by atoms with van der Waals surface area (Å²) in [5, 5.41) is 3.39. The Morgan fingerprint density at radius 3 is 2.42 bits per heavy atom. The van der Waals surface area contributed by atoms with E-state index in [0.29, 0.717) is 11.7 Å². The summed E-state index contributed by atoms with van der Waals surface area (Å²) in [6.45, 7) is 4.45. The van der Waals surface area contributed by atoms with Gasteiger partial charge in [-0.3, -0.25) is 4.72 Å². The second-order valence-corrected chi connectivity index (χ2v) is 6.71. The van der Waals surface area contributed by atoms with Crippen LogP contribution in [0.2, 0.25) is 0 Å². The predicted molar refractivity (Wildman–Crippen MR) is 77.0 cm³/mol. The third kappa shape index (κ3) is 3.84. The summed E-state index contributed by atoms with van der Waals surface area (Å²) >= 11 is 0. The lowest BCUT2D eigenvalue weighted by Gasteiger charge is -2.17. The van der Waals surface area contributed by atoms with E-state index in [1.54, 1.807) is 19.1 Å². The number of benzene rings is 1. The number of ether oxygens (including phenoxy) is 1. The summed E-state index contributed by atoms with van der Waals surface area (Å²) in [7, 11) is -3.21. The highest BCUT2D eigenvalue weighted by Crippen LogP contribution is 2.20. The fourth-order valence-electron chi connectivity index (χ4n) is 2.02. The van der Waals surface area contributed by atoms with Crippen molar-refractivity contribution in [1.82, 2.24) is 0 Å². The predicted octanol–water partition coefficient (Wildman–Crippen LogP) is 2.04. The normalized spacial score (nSPS) is 23.3. The van der Waals surface area contributed by atoms with Gasteiger partial charge in [-0.1, -0.05) is 0 Å². The molecular formula is C13H20N2O3S. The molecule has 19 heavy (non-hydrogen) atoms. The van der Waals surface area contributed by atoms with Crippen molar-refractivity contribution in [2.24, 2.45) is 0 Å². The first-order chi connectivity index (χ1) is 9.00. The molecule has 1 aromatic carbocycles. The molecule has 1 aliphatic heterocycles. The molecule has 5 nitrogen and oxygen atoms in total. The Balaban J connectivity index is 1.98. The number of nitrogens with one attached hydrogen (secondary N) is 2. The molecule has 0 aromatic heterocycles. The van der Waals surface area contributed by atoms with Gasteiger partial charge in [-0.2, -0.15) is 0 Å². The average molecular weight is 284 g/mol. The smallest absolute Gasteiger partial charge is 0.232 e. The highest BCUT2D eigenvalue weighted by atomic mass is 32.2. The first kappa shape index (κ1) is 14.1. The van der Waals surface area contributed by atoms with Crippen molar-refractivity contribution in [1.29, 1.82) is 0 Å². The van der Waals surface area contributed by atoms with E-state index < -0.39 is 10.0 Å². The minimum atomic E-state index is -3.21. The molecule has 6 heteroatoms. The Hall–Kier alpha value is -1.27. The molecule has 0 amide bonds. The summed E-state index contributed by atoms with van der Waals surface area (Å²) in [5.74, 6) is 0.0733. The van der Waals surface area contributed by atoms with Gasteiger partial charge in [0.1, 0.15) is 0 Å². The van der Waals surface area contributed by atoms with E-state index in [2.05, 4.69) is 17.0 Å². The quantitative estimate of drug-likeness (QED) is 0.868. The zero-order valence-electron chi connectivity index (χ0n) is 11.2. The van der Waals surface area contributed by atoms with Crippen LogP contribution in [0.4, 0.5) is 11.4 Å². The second-order valence-electron chi connectivity index (χ2n) is 4.70. The number of rotatable bonds is 5. The molecule has 1 aromatic rings. The summed E-state index contributed by atoms with van der Waals surface area (Å²) in [6.07, 6.45) is 1.20. The van der Waals surface area contributed by atoms with Gasteiger partial charge in [-0.05, 0) is 44.5 Å². The molecule has 0 spiro atoms. The molecule has 0 bridgehead atoms. The number of hydrogen-bond acceptors (Lipinski definition) is 4. The van der Waals surface area contributed by atoms with E-state index in [4.69, 9.17) is 4.74 Å². The van der Waals surface area contributed by atoms with Crippen LogP contribution in [0.15, 0.2) is 24.3 Å². The number of sulfonamides is 1. The molecule has 1 saturated heterocycles. The molecule has 1 fully saturated rings. The van der Waals surface area contributed by atoms with Crippen molar-refractivity contribution in [2.45, 2.75) is 32.4 Å². The highest BCUT2D eigenvalue weighted by Gasteiger charge is 2.23. The number of anilines is 2. The van der Waals surface area contributed by atoms with Crippen molar-refractivity contribution in [3.63, 3.8) is 0 Å². The van der Waals surface area contributed by atoms with E-state index in [1.165, 1.54) is 0 Å². The van der Waals surface area contributed by atoms with Crippen molar-refractivity contribution in [2.75, 3.05) is 22.4 Å². The maximum absolute atomic E-state index is 11.4. The average Bonchev–Trinajstić information content (AvgIpc) is 2.77. The monoisotopic (exact) mass is 284 g/mol. The molecule has 2 atom stereocenters. The van der Waals surface area contributed by atoms with E-state index in [-0.39, 0.29) is 11.9 Å². The summed E-state index contributed by atoms with van der Waals surface area (Å²) in [5.41, 5.74) is 1.56. The molecule has 1 heterocycles. The zero-order chi connectivity index (χ0) is 13.9. The van der Waals surface area contributed by atoms with Gasteiger partial charge in [-0.15, -0.1) is 0 Å². The lowest BCUT2D eigenvalue weighted by Crippen LogP contribution is -2.26. The van der Waals surface area contributed by atoms with Crippen molar-refractivity contribution in [3.05, 3.63) is 24.3 Å². The highest BCUT2D eigenvalue weighted by molar-refractivity contribution is 7.92. The van der Waals surface area contributed by atoms with Crippen LogP contribution in [0.25, 0.3) is 0 Å². The first-order valence-electron chi connectivity index (χ1n) is 6.49. The van der Waals surface area contributed by atoms with Gasteiger partial charge in [0.25, 0.3) is 0 Å². The van der Waals surface area contributed by atoms with Crippen LogP contribution in [-0.2, 0) is 14.8 Å². The van der Waals surface area contributed by atoms with Crippen LogP contribution < -0.4 is 10.0 Å². The Morgan fingerprint density at radius 2 is 1.89 bits per heavy atom. The van der Waals surface area contributed by atoms with Gasteiger partial charge >= 0.3 is 0 Å². The largest absolute Gasteiger partial charge is 0.380 e. The fraction of sp³-hybridized carbons (Fsp3) is 0.538. The fourth-order valence-corrected chi connectivity index (χ4v) is 2.66. The van der Waals surface area contributed by atoms with Crippen molar-refractivity contribution < 1.29 is 13.2 Å². The summed E-state index contributed by atoms with van der Waals surface area (Å²) in [4.78, 5) is 0. The molecule has 2 unspecified atom stereocenters. The maximum Gasteiger partial charge on any atom is 0.232 e. The lowest BCUT2D eigenvalue weighted by molar-refractivity contribution is 0.121. The molecule has 2 rings (SSSR count). The first-order valence-corrected chi connectivity index (χ1v) is 8.14. The van der Waals surface area contributed by atoms with E-state index in [0.717, 1.165) is 18.7 Å². The Morgan fingerprint density at radius 1 is 1.26 bits per heavy atom. The molecule has 0 radical (unpaired) electrons. The third-order valence-corrected chi connectivity index (χ3v) is 4.57. The topological polar surface area (TPSA) is 67.4 Å². The van der Waals surface area contributed by atoms with Crippen LogP contribution in [0, 0.1) is 0 Å². The van der Waals surface area contributed by atoms with Gasteiger partial charge < -0.3 is 10.1 Å². The maximum atomic E-state index is 11.4. The van der Waals surface area contributed by atoms with Crippen LogP contribution in [0.5, 0.6) is 0 Å². The van der Waals surface area contributed by atoms with Crippen molar-refractivity contribution in [3.8, 4) is 0 Å². The zero-order valence-corrected chi connectivity index (χ0v) is 12.0. The minimum absolute atomic E-state index is 0.0733. The Kier molecular flexibility index (Phi) is 4.31. The summed E-state index contributed by atoms with van der Waals surface area (Å²) < 4.78 is 30.9. The Bertz CT molecular complexity index is 513. The van der Waals surface area contributed by atoms with E-state index in [1.807, 2.05) is 12.1 Å². The Labute approximate surface area is 114 Å². The standard InChI is InChI=1S/C13H20N2O3S/c1-3-19(16,17)15-12-6-4-11(5-7-12)14-13-8-9-18-10(13)2/h4-7,10,13-15H,3,8-9H2,1-2H3. The van der Waals surface area contributed by atoms with E-state index >= 15 is 0 Å². The van der Waals surface area contributed by atoms with Crippen LogP contribution in [0.3, 0.4) is 0 Å². The van der Waals surface area contributed by atoms with Gasteiger partial charge in [0.05, 0.1) is 17.9 Å². The van der Waals surface area contributed by atoms with Gasteiger partial charge in [0.2, 0.25) is 10.0 Å². The van der Waals surface area contributed by atoms with Gasteiger partial charge in [0, 0.05) is 18.0 Å². The summed E-state index contributed by atoms with van der Waals surface area (Å²) in [6, 6.07) is 7.58. The lowest BCUT2D eigenvalue weighted by atomic mass is 10.1. The van der Waals surface area contributed by atoms with Gasteiger partial charge in [0.15, 0.2) is 0 Å². The number of hydrogen-bond donors (Lipinski definition) is 2. The van der Waals surface area contributed by atoms with Crippen LogP contribution in [0.1, 0.15) is 20.3 Å². The minimum Gasteiger partial charge on any atom is -0.380 e. The van der Waals surface area contributed by atoms with E-state index in [9.17, 15) is 8.42 Å². The molecule has 0 aliphatic carbocycles. The SMILES string of the molecule is CCS(=O)(=O)Nc1ccc(NC2CCOC2C)cc1. The molecule has 2 N–H and O–H groups in total. The molecule has 0 saturated carbocycles. The van der Waals surface area contributed by atoms with Gasteiger partial charge in [-0.25, -0.2) is 8.42 Å². The van der Waals surface area contributed by atoms with Crippen LogP contribution in [-0.4, -0.2) is 32.9 Å². The second kappa shape index (κ2) is 5.79. The molecular weight excluding hydrogens is 264 g/mol. The van der Waals surface area contributed by atoms with Crippen LogP contribution >= 0.6 is 0 Å². The van der Waals surface area contributed by atoms with Crippen molar-refractivity contribution >= 4 is 21.4 Å². The molecule has 106 valence electrons.